The van der Waals surface area contributed by atoms with E-state index in [1.54, 1.807) is 29.4 Å². The second kappa shape index (κ2) is 7.06. The van der Waals surface area contributed by atoms with Gasteiger partial charge in [-0.25, -0.2) is 18.1 Å². The maximum Gasteiger partial charge on any atom is 0.273 e. The number of sulfonamides is 1. The second-order valence-electron chi connectivity index (χ2n) is 5.58. The number of nitrogens with zero attached hydrogens (tertiary/aromatic N) is 3. The molecule has 0 bridgehead atoms. The molecule has 1 N–H and O–H groups in total. The third kappa shape index (κ3) is 3.48. The van der Waals surface area contributed by atoms with E-state index >= 15 is 0 Å². The molecule has 0 spiro atoms. The smallest absolute Gasteiger partial charge is 0.273 e. The summed E-state index contributed by atoms with van der Waals surface area (Å²) in [5, 5.41) is 11.0. The lowest BCUT2D eigenvalue weighted by Gasteiger charge is -2.12. The number of benzene rings is 2. The molecule has 2 aromatic carbocycles. The molecule has 0 amide bonds. The van der Waals surface area contributed by atoms with Gasteiger partial charge < -0.3 is 4.57 Å². The van der Waals surface area contributed by atoms with E-state index in [4.69, 9.17) is 0 Å². The molecule has 134 valence electrons. The molecule has 3 rings (SSSR count). The van der Waals surface area contributed by atoms with Crippen LogP contribution in [0.15, 0.2) is 66.1 Å². The van der Waals surface area contributed by atoms with Crippen LogP contribution in [-0.2, 0) is 16.6 Å². The van der Waals surface area contributed by atoms with Gasteiger partial charge in [0.05, 0.1) is 21.8 Å². The molecular weight excluding hydrogens is 356 g/mol. The molecule has 0 aliphatic carbocycles. The molecule has 0 saturated carbocycles. The first-order valence-electron chi connectivity index (χ1n) is 7.70. The van der Waals surface area contributed by atoms with Crippen LogP contribution in [0.2, 0.25) is 0 Å². The highest BCUT2D eigenvalue weighted by molar-refractivity contribution is 7.89. The summed E-state index contributed by atoms with van der Waals surface area (Å²) in [6.07, 6.45) is 5.02. The first kappa shape index (κ1) is 17.8. The summed E-state index contributed by atoms with van der Waals surface area (Å²) in [4.78, 5) is 14.3. The molecule has 0 saturated heterocycles. The van der Waals surface area contributed by atoms with Crippen LogP contribution < -0.4 is 4.72 Å². The maximum atomic E-state index is 12.6. The minimum absolute atomic E-state index is 0.0405. The Bertz CT molecular complexity index is 1050. The largest absolute Gasteiger partial charge is 0.306 e. The lowest BCUT2D eigenvalue weighted by atomic mass is 10.2. The van der Waals surface area contributed by atoms with Crippen molar-refractivity contribution in [1.82, 2.24) is 14.3 Å². The fraction of sp³-hybridized carbons (Fsp3) is 0.118. The van der Waals surface area contributed by atoms with E-state index in [2.05, 4.69) is 9.71 Å². The van der Waals surface area contributed by atoms with Crippen molar-refractivity contribution in [3.8, 4) is 5.69 Å². The number of hydrogen-bond donors (Lipinski definition) is 1. The van der Waals surface area contributed by atoms with Crippen molar-refractivity contribution in [3.05, 3.63) is 82.4 Å². The highest BCUT2D eigenvalue weighted by Gasteiger charge is 2.22. The highest BCUT2D eigenvalue weighted by atomic mass is 32.2. The zero-order chi connectivity index (χ0) is 18.7. The molecule has 0 aliphatic heterocycles. The van der Waals surface area contributed by atoms with Gasteiger partial charge in [-0.3, -0.25) is 10.1 Å². The van der Waals surface area contributed by atoms with Crippen LogP contribution in [0.5, 0.6) is 0 Å². The van der Waals surface area contributed by atoms with Crippen molar-refractivity contribution in [2.75, 3.05) is 0 Å². The van der Waals surface area contributed by atoms with Crippen LogP contribution in [0.4, 0.5) is 5.69 Å². The molecule has 8 nitrogen and oxygen atoms in total. The number of imidazole rings is 1. The van der Waals surface area contributed by atoms with Gasteiger partial charge in [-0.2, -0.15) is 0 Å². The molecule has 0 atom stereocenters. The number of aromatic nitrogens is 2. The molecule has 1 heterocycles. The van der Waals surface area contributed by atoms with Crippen molar-refractivity contribution >= 4 is 15.7 Å². The van der Waals surface area contributed by atoms with E-state index in [9.17, 15) is 18.5 Å². The zero-order valence-electron chi connectivity index (χ0n) is 13.9. The van der Waals surface area contributed by atoms with Crippen LogP contribution in [-0.4, -0.2) is 22.9 Å². The average Bonchev–Trinajstić information content (AvgIpc) is 3.14. The Morgan fingerprint density at radius 3 is 2.65 bits per heavy atom. The van der Waals surface area contributed by atoms with E-state index in [0.29, 0.717) is 0 Å². The van der Waals surface area contributed by atoms with Gasteiger partial charge >= 0.3 is 0 Å². The van der Waals surface area contributed by atoms with E-state index in [1.165, 1.54) is 25.1 Å². The quantitative estimate of drug-likeness (QED) is 0.528. The maximum absolute atomic E-state index is 12.6. The number of nitrogens with one attached hydrogen (secondary N) is 1. The van der Waals surface area contributed by atoms with Crippen molar-refractivity contribution < 1.29 is 13.3 Å². The van der Waals surface area contributed by atoms with Gasteiger partial charge in [0, 0.05) is 30.6 Å². The van der Waals surface area contributed by atoms with E-state index in [1.807, 2.05) is 18.2 Å². The average molecular weight is 372 g/mol. The highest BCUT2D eigenvalue weighted by Crippen LogP contribution is 2.25. The van der Waals surface area contributed by atoms with Gasteiger partial charge in [0.2, 0.25) is 10.0 Å². The summed E-state index contributed by atoms with van der Waals surface area (Å²) in [5.74, 6) is 0. The van der Waals surface area contributed by atoms with Gasteiger partial charge in [0.1, 0.15) is 0 Å². The fourth-order valence-corrected chi connectivity index (χ4v) is 3.92. The van der Waals surface area contributed by atoms with Crippen molar-refractivity contribution in [1.29, 1.82) is 0 Å². The Morgan fingerprint density at radius 1 is 1.19 bits per heavy atom. The molecule has 0 unspecified atom stereocenters. The molecule has 3 aromatic rings. The Labute approximate surface area is 150 Å². The zero-order valence-corrected chi connectivity index (χ0v) is 14.7. The molecular formula is C17H16N4O4S. The van der Waals surface area contributed by atoms with E-state index < -0.39 is 14.9 Å². The Balaban J connectivity index is 1.89. The first-order chi connectivity index (χ1) is 12.4. The van der Waals surface area contributed by atoms with Crippen molar-refractivity contribution in [2.24, 2.45) is 0 Å². The predicted molar refractivity (Wildman–Crippen MR) is 95.4 cm³/mol. The van der Waals surface area contributed by atoms with Crippen molar-refractivity contribution in [3.63, 3.8) is 0 Å². The summed E-state index contributed by atoms with van der Waals surface area (Å²) in [6.45, 7) is 1.46. The third-order valence-corrected chi connectivity index (χ3v) is 5.51. The summed E-state index contributed by atoms with van der Waals surface area (Å²) in [6, 6.07) is 11.3. The minimum atomic E-state index is -3.91. The summed E-state index contributed by atoms with van der Waals surface area (Å²) in [5.41, 5.74) is 1.42. The fourth-order valence-electron chi connectivity index (χ4n) is 2.66. The summed E-state index contributed by atoms with van der Waals surface area (Å²) < 4.78 is 29.6. The molecule has 0 radical (unpaired) electrons. The Hall–Kier alpha value is -3.04. The minimum Gasteiger partial charge on any atom is -0.306 e. The number of hydrogen-bond acceptors (Lipinski definition) is 5. The van der Waals surface area contributed by atoms with Gasteiger partial charge in [0.15, 0.2) is 0 Å². The monoisotopic (exact) mass is 372 g/mol. The number of nitro benzene ring substituents is 1. The third-order valence-electron chi connectivity index (χ3n) is 3.97. The standard InChI is InChI=1S/C17H16N4O4S/c1-13-15(21(22)23)7-4-8-17(13)26(24,25)19-11-14-5-2-3-6-16(14)20-10-9-18-12-20/h2-10,12,19H,11H2,1H3. The normalized spacial score (nSPS) is 11.4. The van der Waals surface area contributed by atoms with Crippen molar-refractivity contribution in [2.45, 2.75) is 18.4 Å². The van der Waals surface area contributed by atoms with Gasteiger partial charge in [0.25, 0.3) is 5.69 Å². The lowest BCUT2D eigenvalue weighted by Crippen LogP contribution is -2.24. The SMILES string of the molecule is Cc1c([N+](=O)[O-])cccc1S(=O)(=O)NCc1ccccc1-n1ccnc1. The van der Waals surface area contributed by atoms with Gasteiger partial charge in [-0.1, -0.05) is 24.3 Å². The van der Waals surface area contributed by atoms with Crippen LogP contribution in [0.3, 0.4) is 0 Å². The Morgan fingerprint density at radius 2 is 1.96 bits per heavy atom. The van der Waals surface area contributed by atoms with Crippen LogP contribution >= 0.6 is 0 Å². The van der Waals surface area contributed by atoms with Gasteiger partial charge in [-0.15, -0.1) is 0 Å². The van der Waals surface area contributed by atoms with E-state index in [0.717, 1.165) is 11.3 Å². The number of rotatable bonds is 6. The molecule has 0 fully saturated rings. The molecule has 1 aromatic heterocycles. The van der Waals surface area contributed by atoms with Crippen LogP contribution in [0.25, 0.3) is 5.69 Å². The second-order valence-corrected chi connectivity index (χ2v) is 7.32. The summed E-state index contributed by atoms with van der Waals surface area (Å²) in [7, 11) is -3.91. The molecule has 9 heteroatoms. The predicted octanol–water partition coefficient (Wildman–Crippen LogP) is 2.57. The number of nitro groups is 1. The van der Waals surface area contributed by atoms with Gasteiger partial charge in [-0.05, 0) is 24.6 Å². The first-order valence-corrected chi connectivity index (χ1v) is 9.18. The molecule has 26 heavy (non-hydrogen) atoms. The molecule has 0 aliphatic rings. The summed E-state index contributed by atoms with van der Waals surface area (Å²) >= 11 is 0. The topological polar surface area (TPSA) is 107 Å². The van der Waals surface area contributed by atoms with Crippen LogP contribution in [0, 0.1) is 17.0 Å². The number of para-hydroxylation sites is 1. The Kier molecular flexibility index (Phi) is 4.83. The van der Waals surface area contributed by atoms with Crippen LogP contribution in [0.1, 0.15) is 11.1 Å². The lowest BCUT2D eigenvalue weighted by molar-refractivity contribution is -0.385. The van der Waals surface area contributed by atoms with E-state index in [-0.39, 0.29) is 22.7 Å².